The highest BCUT2D eigenvalue weighted by Gasteiger charge is 2.51. The van der Waals surface area contributed by atoms with E-state index in [0.717, 1.165) is 45.2 Å². The Morgan fingerprint density at radius 1 is 0.905 bits per heavy atom. The lowest BCUT2D eigenvalue weighted by Crippen LogP contribution is -2.27. The molecule has 2 aromatic heterocycles. The Hall–Kier alpha value is -4.61. The first-order chi connectivity index (χ1) is 20.4. The maximum atomic E-state index is 13.2. The number of hydrogen-bond donors (Lipinski definition) is 3. The van der Waals surface area contributed by atoms with Crippen LogP contribution in [0.1, 0.15) is 18.4 Å². The van der Waals surface area contributed by atoms with Crippen molar-refractivity contribution in [2.45, 2.75) is 18.3 Å². The molecule has 11 heteroatoms. The number of carbonyl (C=O) groups excluding carboxylic acids is 1. The van der Waals surface area contributed by atoms with Gasteiger partial charge < -0.3 is 30.6 Å². The van der Waals surface area contributed by atoms with Gasteiger partial charge >= 0.3 is 0 Å². The standard InChI is InChI=1S/C31H29N5O4S2/c1-38-23-15-21(16-24(39-2)25(23)40-3)34-30-36-27(32)26(42-30)28-35-22(17-41-28)18-8-7-11-20(14-18)33-29(37)31(12-13-31)19-9-5-4-6-10-19/h4-11,14-17H,12-13,32H2,1-3H3,(H,33,37)(H,34,36). The molecule has 1 saturated carbocycles. The second-order valence-electron chi connectivity index (χ2n) is 9.79. The Bertz CT molecular complexity index is 1720. The van der Waals surface area contributed by atoms with Gasteiger partial charge in [-0.3, -0.25) is 4.79 Å². The van der Waals surface area contributed by atoms with E-state index >= 15 is 0 Å². The smallest absolute Gasteiger partial charge is 0.235 e. The molecule has 42 heavy (non-hydrogen) atoms. The zero-order valence-electron chi connectivity index (χ0n) is 23.3. The van der Waals surface area contributed by atoms with Gasteiger partial charge in [0.25, 0.3) is 0 Å². The summed E-state index contributed by atoms with van der Waals surface area (Å²) in [6, 6.07) is 21.3. The third kappa shape index (κ3) is 5.24. The number of nitrogens with zero attached hydrogens (tertiary/aromatic N) is 2. The molecular formula is C31H29N5O4S2. The van der Waals surface area contributed by atoms with Gasteiger partial charge in [0.2, 0.25) is 11.7 Å². The van der Waals surface area contributed by atoms with Gasteiger partial charge in [-0.05, 0) is 30.5 Å². The molecule has 9 nitrogen and oxygen atoms in total. The number of amides is 1. The van der Waals surface area contributed by atoms with Crippen LogP contribution >= 0.6 is 22.7 Å². The summed E-state index contributed by atoms with van der Waals surface area (Å²) < 4.78 is 16.3. The fraction of sp³-hybridized carbons (Fsp3) is 0.194. The molecule has 1 aliphatic carbocycles. The molecule has 0 aliphatic heterocycles. The summed E-state index contributed by atoms with van der Waals surface area (Å²) in [4.78, 5) is 23.4. The van der Waals surface area contributed by atoms with E-state index in [-0.39, 0.29) is 5.91 Å². The minimum absolute atomic E-state index is 0.0226. The van der Waals surface area contributed by atoms with Gasteiger partial charge in [-0.15, -0.1) is 11.3 Å². The maximum Gasteiger partial charge on any atom is 0.235 e. The van der Waals surface area contributed by atoms with Crippen molar-refractivity contribution in [1.82, 2.24) is 9.97 Å². The van der Waals surface area contributed by atoms with Crippen molar-refractivity contribution < 1.29 is 19.0 Å². The van der Waals surface area contributed by atoms with Gasteiger partial charge in [0, 0.05) is 34.5 Å². The zero-order chi connectivity index (χ0) is 29.3. The topological polar surface area (TPSA) is 121 Å². The third-order valence-corrected chi connectivity index (χ3v) is 9.18. The second-order valence-corrected chi connectivity index (χ2v) is 11.7. The van der Waals surface area contributed by atoms with Crippen LogP contribution in [0.25, 0.3) is 21.1 Å². The second kappa shape index (κ2) is 11.3. The summed E-state index contributed by atoms with van der Waals surface area (Å²) in [5.74, 6) is 1.97. The maximum absolute atomic E-state index is 13.2. The first-order valence-corrected chi connectivity index (χ1v) is 14.9. The summed E-state index contributed by atoms with van der Waals surface area (Å²) in [6.07, 6.45) is 1.70. The minimum atomic E-state index is -0.442. The van der Waals surface area contributed by atoms with Crippen LogP contribution < -0.4 is 30.6 Å². The summed E-state index contributed by atoms with van der Waals surface area (Å²) in [6.45, 7) is 0. The lowest BCUT2D eigenvalue weighted by atomic mass is 9.95. The number of rotatable bonds is 10. The molecule has 0 unspecified atom stereocenters. The van der Waals surface area contributed by atoms with Gasteiger partial charge in [-0.1, -0.05) is 53.8 Å². The Labute approximate surface area is 251 Å². The van der Waals surface area contributed by atoms with Crippen LogP contribution in [0.5, 0.6) is 17.2 Å². The summed E-state index contributed by atoms with van der Waals surface area (Å²) in [7, 11) is 4.70. The molecule has 0 bridgehead atoms. The molecule has 0 radical (unpaired) electrons. The van der Waals surface area contributed by atoms with Crippen LogP contribution in [0, 0.1) is 0 Å². The Kier molecular flexibility index (Phi) is 7.44. The lowest BCUT2D eigenvalue weighted by molar-refractivity contribution is -0.118. The molecule has 1 fully saturated rings. The van der Waals surface area contributed by atoms with E-state index in [1.165, 1.54) is 22.7 Å². The number of hydrogen-bond acceptors (Lipinski definition) is 10. The van der Waals surface area contributed by atoms with E-state index < -0.39 is 5.41 Å². The molecule has 5 aromatic rings. The molecule has 0 saturated heterocycles. The molecule has 1 aliphatic rings. The average molecular weight is 600 g/mol. The van der Waals surface area contributed by atoms with Crippen molar-refractivity contribution in [3.05, 3.63) is 77.7 Å². The van der Waals surface area contributed by atoms with Crippen molar-refractivity contribution in [2.24, 2.45) is 0 Å². The van der Waals surface area contributed by atoms with Gasteiger partial charge in [-0.25, -0.2) is 9.97 Å². The van der Waals surface area contributed by atoms with Crippen LogP contribution in [-0.4, -0.2) is 37.2 Å². The van der Waals surface area contributed by atoms with E-state index in [4.69, 9.17) is 24.9 Å². The number of nitrogens with one attached hydrogen (secondary N) is 2. The van der Waals surface area contributed by atoms with Gasteiger partial charge in [0.05, 0.1) is 32.4 Å². The number of methoxy groups -OCH3 is 3. The van der Waals surface area contributed by atoms with Crippen LogP contribution in [0.4, 0.5) is 22.3 Å². The van der Waals surface area contributed by atoms with E-state index in [0.29, 0.717) is 33.9 Å². The Balaban J connectivity index is 1.20. The van der Waals surface area contributed by atoms with E-state index in [1.54, 1.807) is 33.5 Å². The van der Waals surface area contributed by atoms with Gasteiger partial charge in [0.15, 0.2) is 16.6 Å². The number of ether oxygens (including phenoxy) is 3. The van der Waals surface area contributed by atoms with E-state index in [1.807, 2.05) is 60.0 Å². The first kappa shape index (κ1) is 27.6. The van der Waals surface area contributed by atoms with Crippen LogP contribution in [0.3, 0.4) is 0 Å². The zero-order valence-corrected chi connectivity index (χ0v) is 24.9. The molecule has 6 rings (SSSR count). The van der Waals surface area contributed by atoms with E-state index in [9.17, 15) is 4.79 Å². The van der Waals surface area contributed by atoms with Crippen LogP contribution in [-0.2, 0) is 10.2 Å². The van der Waals surface area contributed by atoms with E-state index in [2.05, 4.69) is 15.6 Å². The van der Waals surface area contributed by atoms with Crippen molar-refractivity contribution in [3.63, 3.8) is 0 Å². The molecule has 2 heterocycles. The van der Waals surface area contributed by atoms with Crippen molar-refractivity contribution >= 4 is 50.9 Å². The Morgan fingerprint density at radius 2 is 1.64 bits per heavy atom. The van der Waals surface area contributed by atoms with Gasteiger partial charge in [-0.2, -0.15) is 0 Å². The monoisotopic (exact) mass is 599 g/mol. The minimum Gasteiger partial charge on any atom is -0.493 e. The lowest BCUT2D eigenvalue weighted by Gasteiger charge is -2.16. The number of thiazole rings is 2. The molecule has 3 aromatic carbocycles. The van der Waals surface area contributed by atoms with Crippen LogP contribution in [0.2, 0.25) is 0 Å². The fourth-order valence-corrected chi connectivity index (χ4v) is 6.70. The molecule has 0 spiro atoms. The number of carbonyl (C=O) groups is 1. The average Bonchev–Trinajstić information content (AvgIpc) is 3.55. The molecular weight excluding hydrogens is 571 g/mol. The largest absolute Gasteiger partial charge is 0.493 e. The van der Waals surface area contributed by atoms with Crippen molar-refractivity contribution in [3.8, 4) is 38.4 Å². The number of nitrogens with two attached hydrogens (primary N) is 1. The van der Waals surface area contributed by atoms with Crippen molar-refractivity contribution in [1.29, 1.82) is 0 Å². The highest BCUT2D eigenvalue weighted by Crippen LogP contribution is 2.49. The van der Waals surface area contributed by atoms with Gasteiger partial charge in [0.1, 0.15) is 15.7 Å². The summed E-state index contributed by atoms with van der Waals surface area (Å²) in [5.41, 5.74) is 10.1. The van der Waals surface area contributed by atoms with Crippen molar-refractivity contribution in [2.75, 3.05) is 37.7 Å². The highest BCUT2D eigenvalue weighted by molar-refractivity contribution is 7.23. The number of anilines is 4. The summed E-state index contributed by atoms with van der Waals surface area (Å²) in [5, 5.41) is 9.74. The molecule has 0 atom stereocenters. The number of benzene rings is 3. The highest BCUT2D eigenvalue weighted by atomic mass is 32.1. The number of aromatic nitrogens is 2. The SMILES string of the molecule is COc1cc(Nc2nc(N)c(-c3nc(-c4cccc(NC(=O)C5(c6ccccc6)CC5)c4)cs3)s2)cc(OC)c1OC. The molecule has 1 amide bonds. The number of nitrogen functional groups attached to an aromatic ring is 1. The first-order valence-electron chi connectivity index (χ1n) is 13.2. The third-order valence-electron chi connectivity index (χ3n) is 7.20. The fourth-order valence-electron chi connectivity index (χ4n) is 4.86. The quantitative estimate of drug-likeness (QED) is 0.158. The molecule has 4 N–H and O–H groups in total. The Morgan fingerprint density at radius 3 is 2.31 bits per heavy atom. The summed E-state index contributed by atoms with van der Waals surface area (Å²) >= 11 is 2.89. The predicted molar refractivity (Wildman–Crippen MR) is 168 cm³/mol. The van der Waals surface area contributed by atoms with Crippen LogP contribution in [0.15, 0.2) is 72.1 Å². The normalized spacial score (nSPS) is 13.3. The molecule has 214 valence electrons. The predicted octanol–water partition coefficient (Wildman–Crippen LogP) is 6.96.